The van der Waals surface area contributed by atoms with Gasteiger partial charge in [0.25, 0.3) is 11.8 Å². The third-order valence-electron chi connectivity index (χ3n) is 3.64. The van der Waals surface area contributed by atoms with Gasteiger partial charge < -0.3 is 14.9 Å². The number of carbonyl (C=O) groups is 4. The minimum atomic E-state index is -0.645. The number of benzene rings is 2. The van der Waals surface area contributed by atoms with Gasteiger partial charge in [-0.05, 0) is 12.1 Å². The Labute approximate surface area is 149 Å². The van der Waals surface area contributed by atoms with Gasteiger partial charge in [0.05, 0.1) is 34.7 Å². The molecule has 2 aliphatic rings. The summed E-state index contributed by atoms with van der Waals surface area (Å²) in [6, 6.07) is 5.94. The van der Waals surface area contributed by atoms with Crippen molar-refractivity contribution in [3.63, 3.8) is 0 Å². The molecular formula is C14H4ILiN2O4. The molecule has 0 radical (unpaired) electrons. The Kier molecular flexibility index (Phi) is 3.39. The molecule has 4 amide bonds. The first kappa shape index (κ1) is 15.2. The number of imide groups is 2. The van der Waals surface area contributed by atoms with Gasteiger partial charge in [-0.15, -0.1) is 0 Å². The van der Waals surface area contributed by atoms with Crippen molar-refractivity contribution >= 4 is 57.3 Å². The minimum absolute atomic E-state index is 0. The molecule has 0 bridgehead atoms. The first-order chi connectivity index (χ1) is 10.0. The number of rotatable bonds is 0. The van der Waals surface area contributed by atoms with Gasteiger partial charge in [0.15, 0.2) is 0 Å². The minimum Gasteiger partial charge on any atom is -0.587 e. The second kappa shape index (κ2) is 4.91. The van der Waals surface area contributed by atoms with Crippen molar-refractivity contribution in [3.8, 4) is 0 Å². The van der Waals surface area contributed by atoms with Crippen molar-refractivity contribution < 1.29 is 38.0 Å². The fourth-order valence-electron chi connectivity index (χ4n) is 2.72. The predicted octanol–water partition coefficient (Wildman–Crippen LogP) is -0.542. The predicted molar refractivity (Wildman–Crippen MR) is 80.5 cm³/mol. The Morgan fingerprint density at radius 1 is 0.727 bits per heavy atom. The summed E-state index contributed by atoms with van der Waals surface area (Å²) >= 11 is 1.65. The molecule has 4 rings (SSSR count). The van der Waals surface area contributed by atoms with Gasteiger partial charge in [0, 0.05) is 33.0 Å². The normalized spacial score (nSPS) is 15.8. The second-order valence-corrected chi connectivity index (χ2v) is 5.65. The number of amides is 4. The summed E-state index contributed by atoms with van der Waals surface area (Å²) in [7, 11) is 0. The number of carbonyl (C=O) groups excluding carboxylic acids is 4. The van der Waals surface area contributed by atoms with Crippen LogP contribution in [-0.2, 0) is 0 Å². The smallest absolute Gasteiger partial charge is 0.587 e. The summed E-state index contributed by atoms with van der Waals surface area (Å²) in [6.45, 7) is 0. The number of nitrogens with zero attached hydrogens (tertiary/aromatic N) is 2. The van der Waals surface area contributed by atoms with Crippen LogP contribution in [0.15, 0.2) is 24.3 Å². The largest absolute Gasteiger partial charge is 1.00 e. The Hall–Kier alpha value is -1.69. The molecule has 0 saturated carbocycles. The second-order valence-electron chi connectivity index (χ2n) is 4.68. The monoisotopic (exact) mass is 398 g/mol. The van der Waals surface area contributed by atoms with E-state index in [1.165, 1.54) is 24.3 Å². The summed E-state index contributed by atoms with van der Waals surface area (Å²) in [6.07, 6.45) is 0. The summed E-state index contributed by atoms with van der Waals surface area (Å²) in [4.78, 5) is 48.2. The quantitative estimate of drug-likeness (QED) is 0.258. The van der Waals surface area contributed by atoms with Crippen LogP contribution in [0.25, 0.3) is 16.1 Å². The zero-order chi connectivity index (χ0) is 14.9. The molecule has 0 atom stereocenters. The molecule has 0 aliphatic carbocycles. The fourth-order valence-corrected chi connectivity index (χ4v) is 3.24. The van der Waals surface area contributed by atoms with Gasteiger partial charge in [-0.25, -0.2) is 3.11 Å². The van der Waals surface area contributed by atoms with Gasteiger partial charge in [-0.1, -0.05) is 12.1 Å². The fraction of sp³-hybridized carbons (Fsp3) is 0. The molecular weight excluding hydrogens is 394 g/mol. The van der Waals surface area contributed by atoms with E-state index in [2.05, 4.69) is 5.32 Å². The van der Waals surface area contributed by atoms with Crippen LogP contribution in [0.1, 0.15) is 41.4 Å². The van der Waals surface area contributed by atoms with Gasteiger partial charge in [-0.3, -0.25) is 9.59 Å². The van der Waals surface area contributed by atoms with Crippen molar-refractivity contribution in [2.24, 2.45) is 0 Å². The van der Waals surface area contributed by atoms with E-state index < -0.39 is 23.6 Å². The molecule has 6 nitrogen and oxygen atoms in total. The van der Waals surface area contributed by atoms with Crippen LogP contribution in [0.3, 0.4) is 0 Å². The molecule has 22 heavy (non-hydrogen) atoms. The van der Waals surface area contributed by atoms with Crippen LogP contribution < -0.4 is 18.9 Å². The molecule has 102 valence electrons. The average Bonchev–Trinajstić information content (AvgIpc) is 2.48. The maximum atomic E-state index is 12.2. The molecule has 2 aromatic carbocycles. The number of hydrogen-bond acceptors (Lipinski definition) is 4. The maximum Gasteiger partial charge on any atom is 1.00 e. The molecule has 0 saturated heterocycles. The van der Waals surface area contributed by atoms with Crippen molar-refractivity contribution in [1.82, 2.24) is 3.11 Å². The van der Waals surface area contributed by atoms with Crippen molar-refractivity contribution in [3.05, 3.63) is 51.8 Å². The van der Waals surface area contributed by atoms with E-state index in [1.807, 2.05) is 0 Å². The van der Waals surface area contributed by atoms with E-state index in [9.17, 15) is 19.2 Å². The van der Waals surface area contributed by atoms with E-state index in [4.69, 9.17) is 0 Å². The Balaban J connectivity index is 0.00000144. The van der Waals surface area contributed by atoms with E-state index >= 15 is 0 Å². The molecule has 0 spiro atoms. The zero-order valence-corrected chi connectivity index (χ0v) is 13.4. The van der Waals surface area contributed by atoms with E-state index in [1.54, 1.807) is 22.9 Å². The summed E-state index contributed by atoms with van der Waals surface area (Å²) in [5.41, 5.74) is 1.10. The van der Waals surface area contributed by atoms with E-state index in [0.717, 1.165) is 3.11 Å². The molecule has 2 aliphatic heterocycles. The molecule has 0 aromatic heterocycles. The Morgan fingerprint density at radius 3 is 1.55 bits per heavy atom. The molecule has 2 aromatic rings. The number of halogens is 1. The van der Waals surface area contributed by atoms with E-state index in [0.29, 0.717) is 21.9 Å². The van der Waals surface area contributed by atoms with Crippen LogP contribution in [0.4, 0.5) is 0 Å². The Morgan fingerprint density at radius 2 is 1.09 bits per heavy atom. The van der Waals surface area contributed by atoms with E-state index in [-0.39, 0.29) is 30.0 Å². The van der Waals surface area contributed by atoms with Crippen LogP contribution in [0.5, 0.6) is 0 Å². The van der Waals surface area contributed by atoms with Crippen molar-refractivity contribution in [1.29, 1.82) is 0 Å². The third-order valence-corrected chi connectivity index (χ3v) is 4.52. The molecule has 0 fully saturated rings. The van der Waals surface area contributed by atoms with Gasteiger partial charge in [0.1, 0.15) is 0 Å². The first-order valence-corrected chi connectivity index (χ1v) is 6.92. The van der Waals surface area contributed by atoms with Crippen LogP contribution in [0, 0.1) is 0 Å². The van der Waals surface area contributed by atoms with Crippen molar-refractivity contribution in [2.45, 2.75) is 0 Å². The average molecular weight is 398 g/mol. The summed E-state index contributed by atoms with van der Waals surface area (Å²) in [5, 5.41) is 4.16. The summed E-state index contributed by atoms with van der Waals surface area (Å²) in [5.74, 6) is -2.21. The van der Waals surface area contributed by atoms with Gasteiger partial charge in [0.2, 0.25) is 0 Å². The van der Waals surface area contributed by atoms with Gasteiger partial charge >= 0.3 is 18.9 Å². The maximum absolute atomic E-state index is 12.2. The molecule has 0 N–H and O–H groups in total. The third kappa shape index (κ3) is 1.73. The summed E-state index contributed by atoms with van der Waals surface area (Å²) < 4.78 is 0.994. The molecule has 2 heterocycles. The first-order valence-electron chi connectivity index (χ1n) is 5.95. The standard InChI is InChI=1S/C14H5IN2O4.Li/c15-17-13(20)7-3-1-5-9-6(12(19)16-11(5)18)2-4-8(10(7)9)14(17)21;/h1-4H,(H,16,18,19);/q;+1/p-1. The SMILES string of the molecule is O=C1[N-]C(=O)c2ccc3c4c(ccc1c24)C(=O)N(I)C3=O.[Li+]. The van der Waals surface area contributed by atoms with Crippen LogP contribution in [-0.4, -0.2) is 26.7 Å². The van der Waals surface area contributed by atoms with Gasteiger partial charge in [-0.2, -0.15) is 0 Å². The van der Waals surface area contributed by atoms with Crippen LogP contribution in [0.2, 0.25) is 0 Å². The van der Waals surface area contributed by atoms with Crippen LogP contribution >= 0.6 is 22.9 Å². The Bertz CT molecular complexity index is 856. The molecule has 8 heteroatoms. The van der Waals surface area contributed by atoms with Crippen molar-refractivity contribution in [2.75, 3.05) is 0 Å². The zero-order valence-electron chi connectivity index (χ0n) is 11.2. The number of hydrogen-bond donors (Lipinski definition) is 0. The molecule has 0 unspecified atom stereocenters. The topological polar surface area (TPSA) is 85.6 Å².